The summed E-state index contributed by atoms with van der Waals surface area (Å²) in [6.07, 6.45) is 4.20. The Bertz CT molecular complexity index is 680. The quantitative estimate of drug-likeness (QED) is 0.933. The third-order valence-corrected chi connectivity index (χ3v) is 4.23. The molecule has 0 spiro atoms. The lowest BCUT2D eigenvalue weighted by Crippen LogP contribution is -2.27. The zero-order chi connectivity index (χ0) is 15.1. The summed E-state index contributed by atoms with van der Waals surface area (Å²) < 4.78 is 3.64. The molecule has 1 atom stereocenters. The van der Waals surface area contributed by atoms with Crippen LogP contribution in [-0.4, -0.2) is 25.5 Å². The first-order valence-electron chi connectivity index (χ1n) is 7.30. The van der Waals surface area contributed by atoms with E-state index >= 15 is 0 Å². The first kappa shape index (κ1) is 13.9. The van der Waals surface area contributed by atoms with Gasteiger partial charge in [0, 0.05) is 37.0 Å². The van der Waals surface area contributed by atoms with Crippen molar-refractivity contribution in [3.05, 3.63) is 34.9 Å². The van der Waals surface area contributed by atoms with Crippen molar-refractivity contribution in [1.82, 2.24) is 24.9 Å². The minimum atomic E-state index is -0.131. The highest BCUT2D eigenvalue weighted by Crippen LogP contribution is 2.39. The Morgan fingerprint density at radius 1 is 1.38 bits per heavy atom. The molecule has 21 heavy (non-hydrogen) atoms. The highest BCUT2D eigenvalue weighted by Gasteiger charge is 2.28. The van der Waals surface area contributed by atoms with Crippen molar-refractivity contribution in [1.29, 1.82) is 0 Å². The van der Waals surface area contributed by atoms with Gasteiger partial charge in [-0.1, -0.05) is 0 Å². The number of nitrogens with zero attached hydrogens (tertiary/aromatic N) is 4. The van der Waals surface area contributed by atoms with Crippen LogP contribution in [0.4, 0.5) is 0 Å². The summed E-state index contributed by atoms with van der Waals surface area (Å²) in [5, 5.41) is 11.5. The van der Waals surface area contributed by atoms with Crippen LogP contribution in [0.15, 0.2) is 12.3 Å². The minimum absolute atomic E-state index is 0.0856. The summed E-state index contributed by atoms with van der Waals surface area (Å²) in [6.45, 7) is 3.96. The minimum Gasteiger partial charge on any atom is -0.344 e. The molecular formula is C15H21N5O. The molecule has 112 valence electrons. The molecule has 3 rings (SSSR count). The van der Waals surface area contributed by atoms with Crippen LogP contribution in [0.1, 0.15) is 59.2 Å². The third kappa shape index (κ3) is 2.57. The van der Waals surface area contributed by atoms with E-state index in [-0.39, 0.29) is 11.9 Å². The third-order valence-electron chi connectivity index (χ3n) is 4.23. The summed E-state index contributed by atoms with van der Waals surface area (Å²) in [6, 6.07) is 1.83. The molecule has 6 nitrogen and oxygen atoms in total. The molecule has 1 fully saturated rings. The monoisotopic (exact) mass is 287 g/mol. The molecule has 0 saturated heterocycles. The van der Waals surface area contributed by atoms with Gasteiger partial charge in [-0.2, -0.15) is 10.2 Å². The van der Waals surface area contributed by atoms with Crippen LogP contribution in [0.5, 0.6) is 0 Å². The van der Waals surface area contributed by atoms with Crippen molar-refractivity contribution in [3.63, 3.8) is 0 Å². The van der Waals surface area contributed by atoms with Gasteiger partial charge in [0.25, 0.3) is 5.91 Å². The van der Waals surface area contributed by atoms with E-state index < -0.39 is 0 Å². The molecule has 1 N–H and O–H groups in total. The molecule has 6 heteroatoms. The molecule has 1 aliphatic rings. The number of amides is 1. The number of aromatic nitrogens is 4. The van der Waals surface area contributed by atoms with Crippen molar-refractivity contribution < 1.29 is 4.79 Å². The van der Waals surface area contributed by atoms with E-state index in [0.717, 1.165) is 17.0 Å². The van der Waals surface area contributed by atoms with E-state index in [1.165, 1.54) is 12.8 Å². The average molecular weight is 287 g/mol. The number of rotatable bonds is 4. The van der Waals surface area contributed by atoms with Gasteiger partial charge in [-0.05, 0) is 32.8 Å². The summed E-state index contributed by atoms with van der Waals surface area (Å²) in [5.41, 5.74) is 3.74. The van der Waals surface area contributed by atoms with E-state index in [2.05, 4.69) is 15.5 Å². The van der Waals surface area contributed by atoms with Crippen molar-refractivity contribution >= 4 is 5.91 Å². The van der Waals surface area contributed by atoms with Gasteiger partial charge >= 0.3 is 0 Å². The second kappa shape index (κ2) is 5.02. The molecule has 2 aromatic heterocycles. The van der Waals surface area contributed by atoms with E-state index in [1.807, 2.05) is 43.4 Å². The predicted octanol–water partition coefficient (Wildman–Crippen LogP) is 1.83. The van der Waals surface area contributed by atoms with Gasteiger partial charge in [0.2, 0.25) is 0 Å². The lowest BCUT2D eigenvalue weighted by Gasteiger charge is -2.12. The molecule has 1 saturated carbocycles. The smallest absolute Gasteiger partial charge is 0.272 e. The van der Waals surface area contributed by atoms with E-state index in [9.17, 15) is 4.79 Å². The highest BCUT2D eigenvalue weighted by molar-refractivity contribution is 5.92. The normalized spacial score (nSPS) is 16.0. The van der Waals surface area contributed by atoms with Crippen LogP contribution in [-0.2, 0) is 14.1 Å². The molecule has 2 heterocycles. The van der Waals surface area contributed by atoms with Crippen LogP contribution in [0, 0.1) is 6.92 Å². The van der Waals surface area contributed by atoms with Crippen molar-refractivity contribution in [2.45, 2.75) is 38.6 Å². The van der Waals surface area contributed by atoms with E-state index in [1.54, 1.807) is 6.20 Å². The van der Waals surface area contributed by atoms with Gasteiger partial charge in [-0.15, -0.1) is 0 Å². The Kier molecular flexibility index (Phi) is 3.31. The molecule has 1 aliphatic carbocycles. The molecular weight excluding hydrogens is 266 g/mol. The van der Waals surface area contributed by atoms with Gasteiger partial charge in [0.05, 0.1) is 12.2 Å². The maximum atomic E-state index is 12.3. The van der Waals surface area contributed by atoms with Crippen molar-refractivity contribution in [2.75, 3.05) is 0 Å². The Hall–Kier alpha value is -2.11. The van der Waals surface area contributed by atoms with Crippen molar-refractivity contribution in [3.8, 4) is 0 Å². The molecule has 0 bridgehead atoms. The van der Waals surface area contributed by atoms with Crippen LogP contribution >= 0.6 is 0 Å². The Labute approximate surface area is 124 Å². The first-order chi connectivity index (χ1) is 9.97. The summed E-state index contributed by atoms with van der Waals surface area (Å²) in [5.74, 6) is 0.454. The second-order valence-electron chi connectivity index (χ2n) is 5.86. The molecule has 0 aromatic carbocycles. The lowest BCUT2D eigenvalue weighted by atomic mass is 10.1. The summed E-state index contributed by atoms with van der Waals surface area (Å²) in [4.78, 5) is 12.3. The average Bonchev–Trinajstić information content (AvgIpc) is 3.12. The predicted molar refractivity (Wildman–Crippen MR) is 79.0 cm³/mol. The van der Waals surface area contributed by atoms with E-state index in [0.29, 0.717) is 11.6 Å². The topological polar surface area (TPSA) is 64.7 Å². The summed E-state index contributed by atoms with van der Waals surface area (Å²) >= 11 is 0. The highest BCUT2D eigenvalue weighted by atomic mass is 16.2. The van der Waals surface area contributed by atoms with E-state index in [4.69, 9.17) is 0 Å². The van der Waals surface area contributed by atoms with Gasteiger partial charge < -0.3 is 5.32 Å². The Morgan fingerprint density at radius 2 is 2.10 bits per heavy atom. The van der Waals surface area contributed by atoms with Gasteiger partial charge in [0.15, 0.2) is 0 Å². The standard InChI is InChI=1S/C15H21N5O/c1-9(12-8-16-19(3)10(12)2)17-15(21)13-7-14(11-5-6-11)20(4)18-13/h7-9,11H,5-6H2,1-4H3,(H,17,21). The van der Waals surface area contributed by atoms with Crippen LogP contribution in [0.2, 0.25) is 0 Å². The van der Waals surface area contributed by atoms with Crippen LogP contribution in [0.3, 0.4) is 0 Å². The number of aryl methyl sites for hydroxylation is 2. The number of nitrogens with one attached hydrogen (secondary N) is 1. The zero-order valence-corrected chi connectivity index (χ0v) is 12.9. The molecule has 1 amide bonds. The fraction of sp³-hybridized carbons (Fsp3) is 0.533. The lowest BCUT2D eigenvalue weighted by molar-refractivity contribution is 0.0934. The first-order valence-corrected chi connectivity index (χ1v) is 7.30. The van der Waals surface area contributed by atoms with Gasteiger partial charge in [-0.3, -0.25) is 14.2 Å². The largest absolute Gasteiger partial charge is 0.344 e. The Balaban J connectivity index is 1.73. The van der Waals surface area contributed by atoms with Crippen LogP contribution < -0.4 is 5.32 Å². The SMILES string of the molecule is Cc1c(C(C)NC(=O)c2cc(C3CC3)n(C)n2)cnn1C. The van der Waals surface area contributed by atoms with Crippen molar-refractivity contribution in [2.24, 2.45) is 14.1 Å². The maximum Gasteiger partial charge on any atom is 0.272 e. The zero-order valence-electron chi connectivity index (χ0n) is 12.9. The fourth-order valence-electron chi connectivity index (χ4n) is 2.64. The summed E-state index contributed by atoms with van der Waals surface area (Å²) in [7, 11) is 3.80. The Morgan fingerprint density at radius 3 is 2.67 bits per heavy atom. The van der Waals surface area contributed by atoms with Gasteiger partial charge in [0.1, 0.15) is 5.69 Å². The molecule has 0 aliphatic heterocycles. The van der Waals surface area contributed by atoms with Gasteiger partial charge in [-0.25, -0.2) is 0 Å². The molecule has 0 radical (unpaired) electrons. The number of hydrogen-bond acceptors (Lipinski definition) is 3. The number of carbonyl (C=O) groups excluding carboxylic acids is 1. The molecule has 1 unspecified atom stereocenters. The number of hydrogen-bond donors (Lipinski definition) is 1. The fourth-order valence-corrected chi connectivity index (χ4v) is 2.64. The van der Waals surface area contributed by atoms with Crippen LogP contribution in [0.25, 0.3) is 0 Å². The molecule has 2 aromatic rings. The second-order valence-corrected chi connectivity index (χ2v) is 5.86. The maximum absolute atomic E-state index is 12.3. The number of carbonyl (C=O) groups is 1.